The third kappa shape index (κ3) is 6.40. The van der Waals surface area contributed by atoms with Crippen LogP contribution in [0, 0.1) is 0 Å². The monoisotopic (exact) mass is 371 g/mol. The lowest BCUT2D eigenvalue weighted by Crippen LogP contribution is -2.39. The van der Waals surface area contributed by atoms with Gasteiger partial charge < -0.3 is 15.1 Å². The van der Waals surface area contributed by atoms with Crippen molar-refractivity contribution in [3.8, 4) is 0 Å². The van der Waals surface area contributed by atoms with Crippen molar-refractivity contribution in [1.82, 2.24) is 20.4 Å². The van der Waals surface area contributed by atoms with Gasteiger partial charge in [0, 0.05) is 49.9 Å². The highest BCUT2D eigenvalue weighted by atomic mass is 32.1. The first-order valence-corrected chi connectivity index (χ1v) is 9.82. The minimum atomic E-state index is 0.759. The van der Waals surface area contributed by atoms with Gasteiger partial charge in [0.2, 0.25) is 0 Å². The zero-order valence-electron chi connectivity index (χ0n) is 14.8. The van der Waals surface area contributed by atoms with E-state index in [9.17, 15) is 0 Å². The minimum Gasteiger partial charge on any atom is -0.469 e. The van der Waals surface area contributed by atoms with Crippen LogP contribution in [0.1, 0.15) is 17.1 Å². The van der Waals surface area contributed by atoms with E-state index >= 15 is 0 Å². The standard InChI is InChI=1S/C19H25N5OS/c1-5-17(25-15-1)7-11-21-19(22-12-8-18-6-2-16-26-18)20-9-3-13-24-14-4-10-23-24/h1-2,4-6,10,14-16H,3,7-9,11-13H2,(H2,20,21,22). The van der Waals surface area contributed by atoms with Crippen LogP contribution in [0.25, 0.3) is 0 Å². The predicted octanol–water partition coefficient (Wildman–Crippen LogP) is 2.95. The molecule has 0 saturated heterocycles. The normalized spacial score (nSPS) is 11.6. The molecule has 0 aromatic carbocycles. The van der Waals surface area contributed by atoms with Gasteiger partial charge in [-0.2, -0.15) is 5.10 Å². The molecule has 0 bridgehead atoms. The Morgan fingerprint density at radius 2 is 2.08 bits per heavy atom. The van der Waals surface area contributed by atoms with Gasteiger partial charge in [-0.15, -0.1) is 11.3 Å². The number of aliphatic imine (C=N–C) groups is 1. The first-order chi connectivity index (χ1) is 12.9. The zero-order valence-corrected chi connectivity index (χ0v) is 15.6. The number of thiophene rings is 1. The number of hydrogen-bond acceptors (Lipinski definition) is 4. The summed E-state index contributed by atoms with van der Waals surface area (Å²) in [5.74, 6) is 1.84. The van der Waals surface area contributed by atoms with Crippen LogP contribution < -0.4 is 10.6 Å². The molecule has 3 aromatic rings. The van der Waals surface area contributed by atoms with Gasteiger partial charge in [0.15, 0.2) is 5.96 Å². The van der Waals surface area contributed by atoms with Gasteiger partial charge in [-0.05, 0) is 42.5 Å². The SMILES string of the molecule is c1coc(CCNC(=NCCCn2cccn2)NCCc2cccs2)c1. The molecular formula is C19H25N5OS. The Balaban J connectivity index is 1.43. The second kappa shape index (κ2) is 10.5. The highest BCUT2D eigenvalue weighted by molar-refractivity contribution is 7.09. The highest BCUT2D eigenvalue weighted by Gasteiger charge is 2.01. The maximum atomic E-state index is 5.38. The molecule has 26 heavy (non-hydrogen) atoms. The average molecular weight is 372 g/mol. The summed E-state index contributed by atoms with van der Waals surface area (Å²) in [7, 11) is 0. The van der Waals surface area contributed by atoms with Crippen molar-refractivity contribution in [1.29, 1.82) is 0 Å². The number of furan rings is 1. The number of guanidine groups is 1. The summed E-state index contributed by atoms with van der Waals surface area (Å²) in [5.41, 5.74) is 0. The lowest BCUT2D eigenvalue weighted by molar-refractivity contribution is 0.506. The lowest BCUT2D eigenvalue weighted by Gasteiger charge is -2.12. The number of rotatable bonds is 10. The quantitative estimate of drug-likeness (QED) is 0.327. The van der Waals surface area contributed by atoms with Crippen LogP contribution in [-0.4, -0.2) is 35.4 Å². The molecule has 0 radical (unpaired) electrons. The van der Waals surface area contributed by atoms with Gasteiger partial charge in [-0.25, -0.2) is 0 Å². The van der Waals surface area contributed by atoms with Crippen LogP contribution in [0.3, 0.4) is 0 Å². The van der Waals surface area contributed by atoms with E-state index < -0.39 is 0 Å². The molecule has 0 amide bonds. The Morgan fingerprint density at radius 3 is 2.81 bits per heavy atom. The van der Waals surface area contributed by atoms with Crippen LogP contribution in [0.4, 0.5) is 0 Å². The maximum Gasteiger partial charge on any atom is 0.191 e. The summed E-state index contributed by atoms with van der Waals surface area (Å²) in [6.07, 6.45) is 8.29. The van der Waals surface area contributed by atoms with E-state index in [1.165, 1.54) is 4.88 Å². The Kier molecular flexibility index (Phi) is 7.34. The molecular weight excluding hydrogens is 346 g/mol. The van der Waals surface area contributed by atoms with Gasteiger partial charge in [0.1, 0.15) is 5.76 Å². The van der Waals surface area contributed by atoms with E-state index in [2.05, 4.69) is 38.2 Å². The van der Waals surface area contributed by atoms with Crippen molar-refractivity contribution in [2.45, 2.75) is 25.8 Å². The van der Waals surface area contributed by atoms with Crippen LogP contribution in [0.15, 0.2) is 63.8 Å². The molecule has 0 saturated carbocycles. The topological polar surface area (TPSA) is 67.4 Å². The Morgan fingerprint density at radius 1 is 1.15 bits per heavy atom. The van der Waals surface area contributed by atoms with E-state index in [0.717, 1.165) is 57.2 Å². The van der Waals surface area contributed by atoms with Crippen LogP contribution in [0.5, 0.6) is 0 Å². The van der Waals surface area contributed by atoms with Crippen molar-refractivity contribution in [3.63, 3.8) is 0 Å². The number of nitrogens with one attached hydrogen (secondary N) is 2. The van der Waals surface area contributed by atoms with Crippen LogP contribution in [0.2, 0.25) is 0 Å². The van der Waals surface area contributed by atoms with Gasteiger partial charge in [0.05, 0.1) is 6.26 Å². The van der Waals surface area contributed by atoms with Crippen molar-refractivity contribution in [2.24, 2.45) is 4.99 Å². The third-order valence-electron chi connectivity index (χ3n) is 3.86. The Hall–Kier alpha value is -2.54. The van der Waals surface area contributed by atoms with Crippen molar-refractivity contribution < 1.29 is 4.42 Å². The molecule has 3 heterocycles. The molecule has 0 aliphatic rings. The highest BCUT2D eigenvalue weighted by Crippen LogP contribution is 2.08. The summed E-state index contributed by atoms with van der Waals surface area (Å²) in [6, 6.07) is 10.1. The summed E-state index contributed by atoms with van der Waals surface area (Å²) in [6.45, 7) is 3.30. The Bertz CT molecular complexity index is 693. The molecule has 0 spiro atoms. The van der Waals surface area contributed by atoms with Gasteiger partial charge in [0.25, 0.3) is 0 Å². The summed E-state index contributed by atoms with van der Waals surface area (Å²) in [4.78, 5) is 6.07. The summed E-state index contributed by atoms with van der Waals surface area (Å²) >= 11 is 1.79. The minimum absolute atomic E-state index is 0.759. The fourth-order valence-electron chi connectivity index (χ4n) is 2.55. The molecule has 7 heteroatoms. The van der Waals surface area contributed by atoms with Crippen molar-refractivity contribution in [3.05, 3.63) is 65.0 Å². The van der Waals surface area contributed by atoms with Gasteiger partial charge in [-0.1, -0.05) is 6.07 Å². The smallest absolute Gasteiger partial charge is 0.191 e. The third-order valence-corrected chi connectivity index (χ3v) is 4.80. The lowest BCUT2D eigenvalue weighted by atomic mass is 10.3. The molecule has 0 unspecified atom stereocenters. The predicted molar refractivity (Wildman–Crippen MR) is 106 cm³/mol. The first kappa shape index (κ1) is 18.3. The molecule has 138 valence electrons. The van der Waals surface area contributed by atoms with E-state index in [1.54, 1.807) is 23.8 Å². The number of aromatic nitrogens is 2. The fraction of sp³-hybridized carbons (Fsp3) is 0.368. The van der Waals surface area contributed by atoms with Crippen molar-refractivity contribution in [2.75, 3.05) is 19.6 Å². The molecule has 0 fully saturated rings. The number of hydrogen-bond donors (Lipinski definition) is 2. The van der Waals surface area contributed by atoms with Gasteiger partial charge >= 0.3 is 0 Å². The van der Waals surface area contributed by atoms with E-state index in [0.29, 0.717) is 0 Å². The fourth-order valence-corrected chi connectivity index (χ4v) is 3.26. The molecule has 3 aromatic heterocycles. The second-order valence-electron chi connectivity index (χ2n) is 5.87. The van der Waals surface area contributed by atoms with Crippen LogP contribution in [-0.2, 0) is 19.4 Å². The Labute approximate surface area is 158 Å². The zero-order chi connectivity index (χ0) is 17.9. The molecule has 0 aliphatic carbocycles. The van der Waals surface area contributed by atoms with E-state index in [-0.39, 0.29) is 0 Å². The molecule has 6 nitrogen and oxygen atoms in total. The molecule has 3 rings (SSSR count). The molecule has 2 N–H and O–H groups in total. The second-order valence-corrected chi connectivity index (χ2v) is 6.90. The van der Waals surface area contributed by atoms with E-state index in [1.807, 2.05) is 29.1 Å². The van der Waals surface area contributed by atoms with Crippen LogP contribution >= 0.6 is 11.3 Å². The molecule has 0 aliphatic heterocycles. The summed E-state index contributed by atoms with van der Waals surface area (Å²) < 4.78 is 7.31. The average Bonchev–Trinajstić information content (AvgIpc) is 3.41. The maximum absolute atomic E-state index is 5.38. The van der Waals surface area contributed by atoms with Crippen molar-refractivity contribution >= 4 is 17.3 Å². The number of nitrogens with zero attached hydrogens (tertiary/aromatic N) is 3. The summed E-state index contributed by atoms with van der Waals surface area (Å²) in [5, 5.41) is 13.1. The first-order valence-electron chi connectivity index (χ1n) is 8.94. The molecule has 0 atom stereocenters. The van der Waals surface area contributed by atoms with Gasteiger partial charge in [-0.3, -0.25) is 9.67 Å². The number of aryl methyl sites for hydroxylation is 1. The van der Waals surface area contributed by atoms with E-state index in [4.69, 9.17) is 4.42 Å². The largest absolute Gasteiger partial charge is 0.469 e.